The average molecular weight is 782 g/mol. The molecule has 7 nitrogen and oxygen atoms in total. The smallest absolute Gasteiger partial charge is 0.227 e. The average Bonchev–Trinajstić information content (AvgIpc) is 3.14. The maximum absolute atomic E-state index is 13.4. The first kappa shape index (κ1) is 49.2. The largest absolute Gasteiger partial charge is 0.394 e. The van der Waals surface area contributed by atoms with Crippen molar-refractivity contribution < 1.29 is 19.8 Å². The van der Waals surface area contributed by atoms with E-state index in [1.165, 1.54) is 5.56 Å². The number of allylic oxidation sites excluding steroid dienone is 12. The molecule has 1 rings (SSSR count). The zero-order chi connectivity index (χ0) is 39.9. The van der Waals surface area contributed by atoms with Gasteiger partial charge in [-0.3, -0.25) is 9.59 Å². The number of carbonyl (C=O) groups is 2. The highest BCUT2D eigenvalue weighted by molar-refractivity contribution is 8.77. The Hall–Kier alpha value is -2.82. The van der Waals surface area contributed by atoms with Gasteiger partial charge >= 0.3 is 0 Å². The number of aliphatic hydroxyl groups excluding tert-OH is 2. The van der Waals surface area contributed by atoms with E-state index in [1.54, 1.807) is 21.6 Å². The van der Waals surface area contributed by atoms with Gasteiger partial charge in [-0.1, -0.05) is 140 Å². The van der Waals surface area contributed by atoms with E-state index in [2.05, 4.69) is 136 Å². The molecular weight excluding hydrogens is 711 g/mol. The van der Waals surface area contributed by atoms with Gasteiger partial charge in [0, 0.05) is 36.6 Å². The molecule has 1 aromatic carbocycles. The predicted molar refractivity (Wildman–Crippen MR) is 236 cm³/mol. The summed E-state index contributed by atoms with van der Waals surface area (Å²) in [5, 5.41) is 28.6. The van der Waals surface area contributed by atoms with Crippen LogP contribution >= 0.6 is 21.6 Å². The molecule has 0 aliphatic rings. The number of amides is 2. The summed E-state index contributed by atoms with van der Waals surface area (Å²) in [6, 6.07) is 8.05. The minimum absolute atomic E-state index is 0.0439. The van der Waals surface area contributed by atoms with Crippen LogP contribution in [0, 0.1) is 5.92 Å². The highest BCUT2D eigenvalue weighted by Gasteiger charge is 2.33. The molecule has 9 heteroatoms. The lowest BCUT2D eigenvalue weighted by molar-refractivity contribution is -0.123. The fourth-order valence-electron chi connectivity index (χ4n) is 5.22. The van der Waals surface area contributed by atoms with Gasteiger partial charge in [0.25, 0.3) is 0 Å². The molecule has 2 amide bonds. The molecule has 5 N–H and O–H groups in total. The molecule has 1 unspecified atom stereocenters. The fourth-order valence-corrected chi connectivity index (χ4v) is 7.81. The zero-order valence-electron chi connectivity index (χ0n) is 34.0. The number of nitrogens with one attached hydrogen (secondary N) is 3. The monoisotopic (exact) mass is 781 g/mol. The second-order valence-electron chi connectivity index (χ2n) is 14.4. The molecule has 0 saturated heterocycles. The summed E-state index contributed by atoms with van der Waals surface area (Å²) in [5.74, 6) is 0.972. The van der Waals surface area contributed by atoms with Gasteiger partial charge in [-0.15, -0.1) is 0 Å². The Morgan fingerprint density at radius 2 is 1.33 bits per heavy atom. The van der Waals surface area contributed by atoms with E-state index < -0.39 is 6.10 Å². The summed E-state index contributed by atoms with van der Waals surface area (Å²) in [4.78, 5) is 25.8. The van der Waals surface area contributed by atoms with E-state index in [4.69, 9.17) is 0 Å². The van der Waals surface area contributed by atoms with Gasteiger partial charge in [0.1, 0.15) is 0 Å². The van der Waals surface area contributed by atoms with E-state index in [9.17, 15) is 19.8 Å². The van der Waals surface area contributed by atoms with Crippen LogP contribution in [0.5, 0.6) is 0 Å². The van der Waals surface area contributed by atoms with Crippen molar-refractivity contribution >= 4 is 33.4 Å². The second-order valence-corrected chi connectivity index (χ2v) is 17.5. The van der Waals surface area contributed by atoms with Crippen LogP contribution in [0.4, 0.5) is 0 Å². The van der Waals surface area contributed by atoms with Crippen molar-refractivity contribution in [2.75, 3.05) is 32.0 Å². The molecule has 302 valence electrons. The van der Waals surface area contributed by atoms with Gasteiger partial charge in [0.05, 0.1) is 24.7 Å². The molecule has 1 aromatic rings. The lowest BCUT2D eigenvalue weighted by Crippen LogP contribution is -2.54. The molecule has 0 spiro atoms. The first-order valence-corrected chi connectivity index (χ1v) is 22.2. The second kappa shape index (κ2) is 31.4. The number of hydrogen-bond acceptors (Lipinski definition) is 7. The molecular formula is C45H71N3O4S2. The molecule has 3 atom stereocenters. The van der Waals surface area contributed by atoms with Gasteiger partial charge in [-0.2, -0.15) is 0 Å². The van der Waals surface area contributed by atoms with Crippen LogP contribution in [-0.2, 0) is 16.0 Å². The summed E-state index contributed by atoms with van der Waals surface area (Å²) in [7, 11) is 3.34. The number of benzene rings is 1. The molecule has 0 fully saturated rings. The highest BCUT2D eigenvalue weighted by Crippen LogP contribution is 2.38. The zero-order valence-corrected chi connectivity index (χ0v) is 35.6. The number of hydrogen-bond donors (Lipinski definition) is 5. The molecule has 0 aliphatic carbocycles. The fraction of sp³-hybridized carbons (Fsp3) is 0.556. The summed E-state index contributed by atoms with van der Waals surface area (Å²) >= 11 is 0. The summed E-state index contributed by atoms with van der Waals surface area (Å²) < 4.78 is -0.363. The van der Waals surface area contributed by atoms with Crippen molar-refractivity contribution in [3.05, 3.63) is 108 Å². The van der Waals surface area contributed by atoms with Crippen molar-refractivity contribution in [1.29, 1.82) is 0 Å². The Morgan fingerprint density at radius 1 is 0.796 bits per heavy atom. The van der Waals surface area contributed by atoms with E-state index in [-0.39, 0.29) is 41.7 Å². The third-order valence-corrected chi connectivity index (χ3v) is 11.9. The Kier molecular flexibility index (Phi) is 28.6. The van der Waals surface area contributed by atoms with Crippen molar-refractivity contribution in [3.63, 3.8) is 0 Å². The molecule has 0 radical (unpaired) electrons. The predicted octanol–water partition coefficient (Wildman–Crippen LogP) is 9.17. The SMILES string of the molecule is CC/C=C\C/C=C\C/C=C\C/C=C\C/C=C\C/C=C\CCC(=O)NCCSSC(C)(C)[C@@H](CNC[C@@H](O)CO)NC(=O)C(C)c1ccc(CC(C)C)cc1. The number of rotatable bonds is 30. The maximum atomic E-state index is 13.4. The highest BCUT2D eigenvalue weighted by atomic mass is 33.1. The first-order chi connectivity index (χ1) is 26.0. The summed E-state index contributed by atoms with van der Waals surface area (Å²) in [6.07, 6.45) is 33.3. The third kappa shape index (κ3) is 25.3. The summed E-state index contributed by atoms with van der Waals surface area (Å²) in [6.45, 7) is 13.6. The maximum Gasteiger partial charge on any atom is 0.227 e. The Balaban J connectivity index is 2.38. The topological polar surface area (TPSA) is 111 Å². The van der Waals surface area contributed by atoms with Crippen LogP contribution in [-0.4, -0.2) is 70.9 Å². The first-order valence-electron chi connectivity index (χ1n) is 19.9. The lowest BCUT2D eigenvalue weighted by Gasteiger charge is -2.35. The van der Waals surface area contributed by atoms with E-state index in [1.807, 2.05) is 19.1 Å². The van der Waals surface area contributed by atoms with E-state index in [0.717, 1.165) is 56.3 Å². The Morgan fingerprint density at radius 3 is 1.85 bits per heavy atom. The van der Waals surface area contributed by atoms with Crippen molar-refractivity contribution in [2.24, 2.45) is 5.92 Å². The molecule has 0 bridgehead atoms. The summed E-state index contributed by atoms with van der Waals surface area (Å²) in [5.41, 5.74) is 2.24. The van der Waals surface area contributed by atoms with Crippen molar-refractivity contribution in [2.45, 2.75) is 122 Å². The van der Waals surface area contributed by atoms with Crippen molar-refractivity contribution in [3.8, 4) is 0 Å². The third-order valence-electron chi connectivity index (χ3n) is 8.53. The minimum atomic E-state index is -0.863. The van der Waals surface area contributed by atoms with Crippen LogP contribution < -0.4 is 16.0 Å². The lowest BCUT2D eigenvalue weighted by atomic mass is 9.95. The normalized spacial score (nSPS) is 14.5. The van der Waals surface area contributed by atoms with Gasteiger partial charge < -0.3 is 26.2 Å². The standard InChI is InChI=1S/C45H71N3O4S2/c1-7-8-9-10-11-12-13-14-15-16-17-18-19-20-21-22-23-24-25-26-43(51)47-31-32-53-54-45(5,6)42(35-46-34-41(50)36-49)48-44(52)38(4)40-29-27-39(28-30-40)33-37(2)3/h8-9,11-12,14-15,17-18,20-21,23-24,27-30,37-38,41-42,46,49-50H,7,10,13,16,19,22,25-26,31-36H2,1-6H3,(H,47,51)(H,48,52)/b9-8-,12-11-,15-14-,18-17-,21-20-,24-23-/t38?,41-,42-/m1/s1. The molecule has 0 aromatic heterocycles. The number of carbonyl (C=O) groups excluding carboxylic acids is 2. The molecule has 0 aliphatic heterocycles. The molecule has 0 heterocycles. The molecule has 0 saturated carbocycles. The van der Waals surface area contributed by atoms with Gasteiger partial charge in [0.15, 0.2) is 0 Å². The Bertz CT molecular complexity index is 1320. The van der Waals surface area contributed by atoms with Crippen LogP contribution in [0.1, 0.15) is 110 Å². The van der Waals surface area contributed by atoms with E-state index >= 15 is 0 Å². The van der Waals surface area contributed by atoms with Gasteiger partial charge in [-0.05, 0) is 89.2 Å². The number of aliphatic hydroxyl groups is 2. The quantitative estimate of drug-likeness (QED) is 0.0301. The van der Waals surface area contributed by atoms with Crippen LogP contribution in [0.15, 0.2) is 97.2 Å². The van der Waals surface area contributed by atoms with Crippen LogP contribution in [0.3, 0.4) is 0 Å². The minimum Gasteiger partial charge on any atom is -0.394 e. The van der Waals surface area contributed by atoms with Crippen molar-refractivity contribution in [1.82, 2.24) is 16.0 Å². The van der Waals surface area contributed by atoms with Crippen LogP contribution in [0.25, 0.3) is 0 Å². The van der Waals surface area contributed by atoms with Gasteiger partial charge in [-0.25, -0.2) is 0 Å². The van der Waals surface area contributed by atoms with Crippen LogP contribution in [0.2, 0.25) is 0 Å². The molecule has 54 heavy (non-hydrogen) atoms. The van der Waals surface area contributed by atoms with E-state index in [0.29, 0.717) is 31.8 Å². The Labute approximate surface area is 336 Å². The van der Waals surface area contributed by atoms with Gasteiger partial charge in [0.2, 0.25) is 11.8 Å².